The van der Waals surface area contributed by atoms with Crippen molar-refractivity contribution in [3.8, 4) is 0 Å². The van der Waals surface area contributed by atoms with Gasteiger partial charge >= 0.3 is 0 Å². The Balaban J connectivity index is 1.69. The van der Waals surface area contributed by atoms with Crippen molar-refractivity contribution >= 4 is 0 Å². The second-order valence-corrected chi connectivity index (χ2v) is 9.24. The highest BCUT2D eigenvalue weighted by atomic mass is 14.8. The molecule has 0 aromatic heterocycles. The van der Waals surface area contributed by atoms with Gasteiger partial charge in [-0.25, -0.2) is 0 Å². The molecule has 4 rings (SSSR count). The zero-order chi connectivity index (χ0) is 14.8. The van der Waals surface area contributed by atoms with Gasteiger partial charge in [0, 0.05) is 6.04 Å². The van der Waals surface area contributed by atoms with E-state index in [1.54, 1.807) is 0 Å². The first-order chi connectivity index (χ1) is 9.97. The second kappa shape index (κ2) is 4.60. The normalized spacial score (nSPS) is 56.2. The maximum absolute atomic E-state index is 6.64. The van der Waals surface area contributed by atoms with Crippen molar-refractivity contribution in [2.75, 3.05) is 0 Å². The van der Waals surface area contributed by atoms with E-state index in [2.05, 4.69) is 26.8 Å². The number of rotatable bonds is 0. The average molecular weight is 287 g/mol. The van der Waals surface area contributed by atoms with E-state index in [9.17, 15) is 0 Å². The van der Waals surface area contributed by atoms with Crippen LogP contribution in [0.4, 0.5) is 0 Å². The zero-order valence-electron chi connectivity index (χ0n) is 14.2. The summed E-state index contributed by atoms with van der Waals surface area (Å²) in [4.78, 5) is 0. The van der Waals surface area contributed by atoms with Gasteiger partial charge < -0.3 is 5.73 Å². The van der Waals surface area contributed by atoms with E-state index < -0.39 is 0 Å². The fourth-order valence-electron chi connectivity index (χ4n) is 7.16. The summed E-state index contributed by atoms with van der Waals surface area (Å²) < 4.78 is 0. The molecule has 1 nitrogen and oxygen atoms in total. The number of nitrogens with two attached hydrogens (primary N) is 1. The molecular weight excluding hydrogens is 254 g/mol. The van der Waals surface area contributed by atoms with Crippen LogP contribution in [0.3, 0.4) is 0 Å². The third-order valence-electron chi connectivity index (χ3n) is 8.46. The highest BCUT2D eigenvalue weighted by Gasteiger charge is 2.59. The Hall–Kier alpha value is -0.300. The average Bonchev–Trinajstić information content (AvgIpc) is 2.70. The van der Waals surface area contributed by atoms with E-state index >= 15 is 0 Å². The van der Waals surface area contributed by atoms with E-state index in [0.717, 1.165) is 23.7 Å². The van der Waals surface area contributed by atoms with Crippen LogP contribution in [-0.4, -0.2) is 6.04 Å². The molecular formula is C20H33N. The Morgan fingerprint density at radius 1 is 1.14 bits per heavy atom. The van der Waals surface area contributed by atoms with Crippen LogP contribution in [-0.2, 0) is 0 Å². The Bertz CT molecular complexity index is 466. The molecule has 21 heavy (non-hydrogen) atoms. The summed E-state index contributed by atoms with van der Waals surface area (Å²) in [5.74, 6) is 3.55. The summed E-state index contributed by atoms with van der Waals surface area (Å²) in [6, 6.07) is 0.444. The van der Waals surface area contributed by atoms with Gasteiger partial charge in [-0.3, -0.25) is 0 Å². The first kappa shape index (κ1) is 14.3. The van der Waals surface area contributed by atoms with Gasteiger partial charge in [-0.15, -0.1) is 0 Å². The molecule has 0 amide bonds. The third-order valence-corrected chi connectivity index (χ3v) is 8.46. The van der Waals surface area contributed by atoms with Crippen LogP contribution in [0.1, 0.15) is 72.1 Å². The number of hydrogen-bond donors (Lipinski definition) is 1. The monoisotopic (exact) mass is 287 g/mol. The molecule has 0 aromatic rings. The lowest BCUT2D eigenvalue weighted by Gasteiger charge is -2.58. The maximum Gasteiger partial charge on any atom is 0.0122 e. The van der Waals surface area contributed by atoms with E-state index in [4.69, 9.17) is 5.73 Å². The highest BCUT2D eigenvalue weighted by molar-refractivity contribution is 5.24. The van der Waals surface area contributed by atoms with Crippen LogP contribution in [0.25, 0.3) is 0 Å². The van der Waals surface area contributed by atoms with Crippen LogP contribution in [0.2, 0.25) is 0 Å². The van der Waals surface area contributed by atoms with Gasteiger partial charge in [0.05, 0.1) is 0 Å². The van der Waals surface area contributed by atoms with Crippen LogP contribution in [0.15, 0.2) is 11.6 Å². The van der Waals surface area contributed by atoms with E-state index in [0.29, 0.717) is 16.9 Å². The van der Waals surface area contributed by atoms with Crippen LogP contribution < -0.4 is 5.73 Å². The fourth-order valence-corrected chi connectivity index (χ4v) is 7.16. The highest BCUT2D eigenvalue weighted by Crippen LogP contribution is 2.65. The summed E-state index contributed by atoms with van der Waals surface area (Å²) in [6.07, 6.45) is 13.9. The minimum Gasteiger partial charge on any atom is -0.327 e. The zero-order valence-corrected chi connectivity index (χ0v) is 14.2. The maximum atomic E-state index is 6.64. The van der Waals surface area contributed by atoms with Gasteiger partial charge in [0.1, 0.15) is 0 Å². The number of fused-ring (bicyclic) bond motifs is 5. The Morgan fingerprint density at radius 3 is 2.76 bits per heavy atom. The number of hydrogen-bond acceptors (Lipinski definition) is 1. The van der Waals surface area contributed by atoms with Gasteiger partial charge in [-0.05, 0) is 85.9 Å². The molecule has 7 unspecified atom stereocenters. The Kier molecular flexibility index (Phi) is 3.13. The molecule has 7 atom stereocenters. The lowest BCUT2D eigenvalue weighted by Crippen LogP contribution is -2.52. The van der Waals surface area contributed by atoms with Crippen molar-refractivity contribution in [1.29, 1.82) is 0 Å². The summed E-state index contributed by atoms with van der Waals surface area (Å²) in [5, 5.41) is 0. The van der Waals surface area contributed by atoms with Crippen LogP contribution in [0.5, 0.6) is 0 Å². The summed E-state index contributed by atoms with van der Waals surface area (Å²) >= 11 is 0. The van der Waals surface area contributed by atoms with Gasteiger partial charge in [0.25, 0.3) is 0 Å². The predicted octanol–water partition coefficient (Wildman–Crippen LogP) is 4.91. The predicted molar refractivity (Wildman–Crippen MR) is 88.8 cm³/mol. The molecule has 0 spiro atoms. The van der Waals surface area contributed by atoms with E-state index in [1.165, 1.54) is 51.4 Å². The minimum atomic E-state index is 0.437. The lowest BCUT2D eigenvalue weighted by atomic mass is 9.47. The molecule has 4 aliphatic carbocycles. The fraction of sp³-hybridized carbons (Fsp3) is 0.900. The third kappa shape index (κ3) is 1.79. The summed E-state index contributed by atoms with van der Waals surface area (Å²) in [7, 11) is 0. The lowest BCUT2D eigenvalue weighted by molar-refractivity contribution is -0.0407. The van der Waals surface area contributed by atoms with Gasteiger partial charge in [-0.1, -0.05) is 32.4 Å². The molecule has 4 aliphatic rings. The smallest absolute Gasteiger partial charge is 0.0122 e. The van der Waals surface area contributed by atoms with Gasteiger partial charge in [0.2, 0.25) is 0 Å². The van der Waals surface area contributed by atoms with Gasteiger partial charge in [-0.2, -0.15) is 0 Å². The van der Waals surface area contributed by atoms with Crippen molar-refractivity contribution in [3.63, 3.8) is 0 Å². The molecule has 0 heterocycles. The van der Waals surface area contributed by atoms with Crippen LogP contribution in [0, 0.1) is 34.5 Å². The van der Waals surface area contributed by atoms with E-state index in [-0.39, 0.29) is 0 Å². The quantitative estimate of drug-likeness (QED) is 0.629. The number of allylic oxidation sites excluding steroid dienone is 2. The van der Waals surface area contributed by atoms with Crippen molar-refractivity contribution in [2.45, 2.75) is 78.2 Å². The first-order valence-electron chi connectivity index (χ1n) is 9.42. The molecule has 2 N–H and O–H groups in total. The Morgan fingerprint density at radius 2 is 1.95 bits per heavy atom. The second-order valence-electron chi connectivity index (χ2n) is 9.24. The van der Waals surface area contributed by atoms with Crippen LogP contribution >= 0.6 is 0 Å². The van der Waals surface area contributed by atoms with E-state index in [1.807, 2.05) is 5.57 Å². The molecule has 118 valence electrons. The van der Waals surface area contributed by atoms with Crippen molar-refractivity contribution in [3.05, 3.63) is 11.6 Å². The molecule has 1 heteroatoms. The molecule has 0 bridgehead atoms. The first-order valence-corrected chi connectivity index (χ1v) is 9.42. The molecule has 3 fully saturated rings. The molecule has 0 aromatic carbocycles. The Labute approximate surface area is 130 Å². The molecule has 3 saturated carbocycles. The molecule has 0 radical (unpaired) electrons. The van der Waals surface area contributed by atoms with Crippen molar-refractivity contribution in [2.24, 2.45) is 40.2 Å². The topological polar surface area (TPSA) is 26.0 Å². The van der Waals surface area contributed by atoms with Crippen molar-refractivity contribution < 1.29 is 0 Å². The summed E-state index contributed by atoms with van der Waals surface area (Å²) in [5.41, 5.74) is 9.45. The largest absolute Gasteiger partial charge is 0.327 e. The molecule has 0 aliphatic heterocycles. The standard InChI is InChI=1S/C20H33N/c1-13-12-17-15-8-7-14-6-4-5-10-19(14,2)16(15)9-11-20(17,3)18(13)21/h6,13,15-18H,4-5,7-12,21H2,1-3H3. The minimum absolute atomic E-state index is 0.437. The molecule has 0 saturated heterocycles. The summed E-state index contributed by atoms with van der Waals surface area (Å²) in [6.45, 7) is 7.53. The van der Waals surface area contributed by atoms with Crippen molar-refractivity contribution in [1.82, 2.24) is 0 Å². The SMILES string of the molecule is CC1CC2C3CCC4=CCCCC4(C)C3CCC2(C)C1N. The van der Waals surface area contributed by atoms with Gasteiger partial charge in [0.15, 0.2) is 0 Å².